The van der Waals surface area contributed by atoms with Crippen molar-refractivity contribution in [2.24, 2.45) is 0 Å². The van der Waals surface area contributed by atoms with Crippen molar-refractivity contribution in [3.8, 4) is 0 Å². The molecule has 0 aliphatic heterocycles. The van der Waals surface area contributed by atoms with Crippen molar-refractivity contribution in [3.05, 3.63) is 40.3 Å². The normalized spacial score (nSPS) is 10.9. The van der Waals surface area contributed by atoms with E-state index in [2.05, 4.69) is 16.0 Å². The number of nitrogens with zero attached hydrogens (tertiary/aromatic N) is 2. The summed E-state index contributed by atoms with van der Waals surface area (Å²) >= 11 is 6.55. The Hall–Kier alpha value is -1.26. The molecule has 0 aromatic carbocycles. The van der Waals surface area contributed by atoms with Gasteiger partial charge in [0.05, 0.1) is 5.69 Å². The molecule has 0 aliphatic rings. The largest absolute Gasteiger partial charge is 0.740 e. The molecule has 2 aromatic rings. The third kappa shape index (κ3) is 2.37. The zero-order valence-electron chi connectivity index (χ0n) is 7.25. The topological polar surface area (TPSA) is 25.8 Å². The van der Waals surface area contributed by atoms with E-state index in [9.17, 15) is 0 Å². The Morgan fingerprint density at radius 1 is 1.29 bits per heavy atom. The third-order valence-corrected chi connectivity index (χ3v) is 2.65. The average Bonchev–Trinajstić information content (AvgIpc) is 2.67. The second-order valence-corrected chi connectivity index (χ2v) is 3.96. The second-order valence-electron chi connectivity index (χ2n) is 2.61. The SMILES string of the molecule is [S-]c1nccc(/C=C/c2cccs2)n1. The highest BCUT2D eigenvalue weighted by atomic mass is 32.1. The highest BCUT2D eigenvalue weighted by Crippen LogP contribution is 2.12. The fraction of sp³-hybridized carbons (Fsp3) is 0. The average molecular weight is 219 g/mol. The molecule has 0 unspecified atom stereocenters. The van der Waals surface area contributed by atoms with Crippen molar-refractivity contribution >= 4 is 36.1 Å². The van der Waals surface area contributed by atoms with Crippen LogP contribution in [-0.4, -0.2) is 9.97 Å². The number of rotatable bonds is 2. The van der Waals surface area contributed by atoms with E-state index in [1.54, 1.807) is 17.5 Å². The zero-order chi connectivity index (χ0) is 9.80. The van der Waals surface area contributed by atoms with Crippen molar-refractivity contribution in [2.45, 2.75) is 5.16 Å². The van der Waals surface area contributed by atoms with Gasteiger partial charge in [-0.2, -0.15) is 0 Å². The summed E-state index contributed by atoms with van der Waals surface area (Å²) in [5.41, 5.74) is 0.846. The zero-order valence-corrected chi connectivity index (χ0v) is 8.89. The molecule has 0 atom stereocenters. The molecule has 2 rings (SSSR count). The van der Waals surface area contributed by atoms with Crippen LogP contribution in [0.5, 0.6) is 0 Å². The van der Waals surface area contributed by atoms with E-state index in [1.807, 2.05) is 29.7 Å². The number of thiophene rings is 1. The van der Waals surface area contributed by atoms with Crippen LogP contribution >= 0.6 is 11.3 Å². The molecule has 4 heteroatoms. The molecule has 0 N–H and O–H groups in total. The Labute approximate surface area is 91.8 Å². The molecule has 2 heterocycles. The molecular weight excluding hydrogens is 212 g/mol. The Morgan fingerprint density at radius 3 is 2.93 bits per heavy atom. The molecule has 2 aromatic heterocycles. The maximum Gasteiger partial charge on any atom is 0.0645 e. The predicted octanol–water partition coefficient (Wildman–Crippen LogP) is 2.61. The molecule has 0 fully saturated rings. The van der Waals surface area contributed by atoms with E-state index >= 15 is 0 Å². The summed E-state index contributed by atoms with van der Waals surface area (Å²) in [6, 6.07) is 5.90. The van der Waals surface area contributed by atoms with Crippen molar-refractivity contribution in [2.75, 3.05) is 0 Å². The smallest absolute Gasteiger partial charge is 0.0645 e. The van der Waals surface area contributed by atoms with Crippen LogP contribution in [0.3, 0.4) is 0 Å². The predicted molar refractivity (Wildman–Crippen MR) is 60.9 cm³/mol. The number of aromatic nitrogens is 2. The fourth-order valence-electron chi connectivity index (χ4n) is 1.00. The molecule has 2 nitrogen and oxygen atoms in total. The van der Waals surface area contributed by atoms with Gasteiger partial charge in [-0.05, 0) is 29.7 Å². The van der Waals surface area contributed by atoms with Crippen LogP contribution in [0.2, 0.25) is 0 Å². The highest BCUT2D eigenvalue weighted by molar-refractivity contribution is 7.58. The van der Waals surface area contributed by atoms with Gasteiger partial charge in [0.15, 0.2) is 0 Å². The van der Waals surface area contributed by atoms with E-state index in [4.69, 9.17) is 12.6 Å². The van der Waals surface area contributed by atoms with Crippen molar-refractivity contribution < 1.29 is 0 Å². The first-order valence-electron chi connectivity index (χ1n) is 4.06. The Bertz CT molecular complexity index is 435. The van der Waals surface area contributed by atoms with Gasteiger partial charge in [0.2, 0.25) is 0 Å². The Balaban J connectivity index is 2.18. The summed E-state index contributed by atoms with van der Waals surface area (Å²) in [6.45, 7) is 0. The lowest BCUT2D eigenvalue weighted by Gasteiger charge is -2.01. The first-order valence-corrected chi connectivity index (χ1v) is 5.35. The quantitative estimate of drug-likeness (QED) is 0.573. The van der Waals surface area contributed by atoms with E-state index in [1.165, 1.54) is 4.88 Å². The van der Waals surface area contributed by atoms with Gasteiger partial charge in [0, 0.05) is 16.2 Å². The molecule has 0 spiro atoms. The maximum atomic E-state index is 4.86. The van der Waals surface area contributed by atoms with Gasteiger partial charge >= 0.3 is 0 Å². The number of hydrogen-bond acceptors (Lipinski definition) is 4. The minimum atomic E-state index is 0.387. The van der Waals surface area contributed by atoms with E-state index in [-0.39, 0.29) is 0 Å². The summed E-state index contributed by atoms with van der Waals surface area (Å²) in [5, 5.41) is 2.43. The van der Waals surface area contributed by atoms with E-state index in [0.29, 0.717) is 5.16 Å². The Morgan fingerprint density at radius 2 is 2.21 bits per heavy atom. The van der Waals surface area contributed by atoms with Crippen LogP contribution in [0, 0.1) is 0 Å². The van der Waals surface area contributed by atoms with E-state index in [0.717, 1.165) is 5.69 Å². The summed E-state index contributed by atoms with van der Waals surface area (Å²) in [5.74, 6) is 0. The van der Waals surface area contributed by atoms with Crippen molar-refractivity contribution in [1.82, 2.24) is 9.97 Å². The van der Waals surface area contributed by atoms with Gasteiger partial charge in [0.25, 0.3) is 0 Å². The van der Waals surface area contributed by atoms with Crippen LogP contribution in [-0.2, 0) is 12.6 Å². The first-order chi connectivity index (χ1) is 6.84. The fourth-order valence-corrected chi connectivity index (χ4v) is 1.78. The Kier molecular flexibility index (Phi) is 2.86. The van der Waals surface area contributed by atoms with Crippen molar-refractivity contribution in [1.29, 1.82) is 0 Å². The highest BCUT2D eigenvalue weighted by Gasteiger charge is 1.88. The van der Waals surface area contributed by atoms with Crippen LogP contribution in [0.25, 0.3) is 12.2 Å². The first kappa shape index (κ1) is 9.30. The lowest BCUT2D eigenvalue weighted by Crippen LogP contribution is -1.86. The molecule has 0 amide bonds. The molecule has 70 valence electrons. The molecule has 0 saturated heterocycles. The molecule has 0 saturated carbocycles. The molecular formula is C10H7N2S2-. The van der Waals surface area contributed by atoms with Gasteiger partial charge in [0.1, 0.15) is 0 Å². The standard InChI is InChI=1S/C10H8N2S2/c13-10-11-6-5-8(12-10)3-4-9-2-1-7-14-9/h1-7H,(H,11,12,13)/p-1/b4-3+. The van der Waals surface area contributed by atoms with Crippen molar-refractivity contribution in [3.63, 3.8) is 0 Å². The van der Waals surface area contributed by atoms with Gasteiger partial charge in [-0.3, -0.25) is 9.97 Å². The van der Waals surface area contributed by atoms with Crippen LogP contribution < -0.4 is 0 Å². The molecule has 14 heavy (non-hydrogen) atoms. The minimum absolute atomic E-state index is 0.387. The maximum absolute atomic E-state index is 4.86. The van der Waals surface area contributed by atoms with Crippen LogP contribution in [0.15, 0.2) is 34.9 Å². The summed E-state index contributed by atoms with van der Waals surface area (Å²) in [6.07, 6.45) is 5.62. The molecule has 0 aliphatic carbocycles. The van der Waals surface area contributed by atoms with Gasteiger partial charge < -0.3 is 12.6 Å². The van der Waals surface area contributed by atoms with Gasteiger partial charge in [-0.1, -0.05) is 6.07 Å². The lowest BCUT2D eigenvalue weighted by atomic mass is 10.3. The van der Waals surface area contributed by atoms with Crippen LogP contribution in [0.1, 0.15) is 10.6 Å². The van der Waals surface area contributed by atoms with Gasteiger partial charge in [-0.25, -0.2) is 0 Å². The molecule has 0 radical (unpaired) electrons. The summed E-state index contributed by atoms with van der Waals surface area (Å²) < 4.78 is 0. The van der Waals surface area contributed by atoms with Crippen LogP contribution in [0.4, 0.5) is 0 Å². The monoisotopic (exact) mass is 219 g/mol. The molecule has 0 bridgehead atoms. The number of hydrogen-bond donors (Lipinski definition) is 0. The summed E-state index contributed by atoms with van der Waals surface area (Å²) in [4.78, 5) is 9.15. The second kappa shape index (κ2) is 4.30. The third-order valence-electron chi connectivity index (χ3n) is 1.62. The minimum Gasteiger partial charge on any atom is -0.740 e. The lowest BCUT2D eigenvalue weighted by molar-refractivity contribution is 0.964. The van der Waals surface area contributed by atoms with E-state index < -0.39 is 0 Å². The van der Waals surface area contributed by atoms with Gasteiger partial charge in [-0.15, -0.1) is 11.3 Å². The summed E-state index contributed by atoms with van der Waals surface area (Å²) in [7, 11) is 0.